The minimum Gasteiger partial charge on any atom is -0.486 e. The molecule has 2 N–H and O–H groups in total. The highest BCUT2D eigenvalue weighted by Gasteiger charge is 2.29. The normalized spacial score (nSPS) is 17.9. The largest absolute Gasteiger partial charge is 0.486 e. The van der Waals surface area contributed by atoms with E-state index in [1.54, 1.807) is 0 Å². The maximum absolute atomic E-state index is 12.8. The average molecular weight is 382 g/mol. The number of rotatable bonds is 4. The van der Waals surface area contributed by atoms with E-state index in [9.17, 15) is 4.79 Å². The molecule has 0 spiro atoms. The number of para-hydroxylation sites is 1. The van der Waals surface area contributed by atoms with Gasteiger partial charge in [0, 0.05) is 17.4 Å². The number of fused-ring (bicyclic) bond motifs is 1. The SMILES string of the molecule is Cc1ccccc1N1CC[NH+]([C@H](C)C(=O)Nc2ccc3c(c2)OCCO3)CC1. The first-order valence-electron chi connectivity index (χ1n) is 9.97. The smallest absolute Gasteiger partial charge is 0.282 e. The Morgan fingerprint density at radius 2 is 1.79 bits per heavy atom. The average Bonchev–Trinajstić information content (AvgIpc) is 2.73. The summed E-state index contributed by atoms with van der Waals surface area (Å²) in [6, 6.07) is 13.9. The predicted octanol–water partition coefficient (Wildman–Crippen LogP) is 1.50. The summed E-state index contributed by atoms with van der Waals surface area (Å²) in [4.78, 5) is 16.5. The first kappa shape index (κ1) is 18.6. The van der Waals surface area contributed by atoms with E-state index in [1.165, 1.54) is 16.2 Å². The van der Waals surface area contributed by atoms with Crippen LogP contribution >= 0.6 is 0 Å². The number of benzene rings is 2. The highest BCUT2D eigenvalue weighted by atomic mass is 16.6. The van der Waals surface area contributed by atoms with Crippen molar-refractivity contribution in [2.24, 2.45) is 0 Å². The lowest BCUT2D eigenvalue weighted by Gasteiger charge is -2.36. The van der Waals surface area contributed by atoms with Gasteiger partial charge >= 0.3 is 0 Å². The number of nitrogens with one attached hydrogen (secondary N) is 2. The van der Waals surface area contributed by atoms with Crippen LogP contribution in [0.5, 0.6) is 11.5 Å². The van der Waals surface area contributed by atoms with Crippen LogP contribution in [-0.2, 0) is 4.79 Å². The Morgan fingerprint density at radius 1 is 1.07 bits per heavy atom. The van der Waals surface area contributed by atoms with Crippen molar-refractivity contribution in [3.05, 3.63) is 48.0 Å². The third-order valence-corrected chi connectivity index (χ3v) is 5.68. The fourth-order valence-electron chi connectivity index (χ4n) is 3.94. The van der Waals surface area contributed by atoms with Gasteiger partial charge in [0.25, 0.3) is 5.91 Å². The van der Waals surface area contributed by atoms with Gasteiger partial charge in [0.15, 0.2) is 17.5 Å². The third kappa shape index (κ3) is 3.92. The molecule has 2 aromatic carbocycles. The molecule has 1 amide bonds. The van der Waals surface area contributed by atoms with Gasteiger partial charge in [-0.15, -0.1) is 0 Å². The fourth-order valence-corrected chi connectivity index (χ4v) is 3.94. The Balaban J connectivity index is 1.34. The zero-order valence-corrected chi connectivity index (χ0v) is 16.5. The summed E-state index contributed by atoms with van der Waals surface area (Å²) < 4.78 is 11.1. The molecule has 2 aliphatic heterocycles. The summed E-state index contributed by atoms with van der Waals surface area (Å²) in [5.41, 5.74) is 3.35. The number of aryl methyl sites for hydroxylation is 1. The Labute approximate surface area is 166 Å². The Kier molecular flexibility index (Phi) is 5.39. The number of amides is 1. The number of hydrogen-bond donors (Lipinski definition) is 2. The molecule has 2 aliphatic rings. The van der Waals surface area contributed by atoms with Gasteiger partial charge in [-0.1, -0.05) is 18.2 Å². The monoisotopic (exact) mass is 382 g/mol. The van der Waals surface area contributed by atoms with E-state index in [4.69, 9.17) is 9.47 Å². The van der Waals surface area contributed by atoms with E-state index in [0.29, 0.717) is 19.0 Å². The lowest BCUT2D eigenvalue weighted by molar-refractivity contribution is -0.914. The zero-order chi connectivity index (χ0) is 19.5. The van der Waals surface area contributed by atoms with Gasteiger partial charge in [-0.25, -0.2) is 0 Å². The first-order chi connectivity index (χ1) is 13.6. The molecule has 1 fully saturated rings. The quantitative estimate of drug-likeness (QED) is 0.842. The summed E-state index contributed by atoms with van der Waals surface area (Å²) in [7, 11) is 0. The second kappa shape index (κ2) is 8.10. The Hall–Kier alpha value is -2.73. The molecule has 2 aromatic rings. The van der Waals surface area contributed by atoms with Crippen molar-refractivity contribution in [2.45, 2.75) is 19.9 Å². The van der Waals surface area contributed by atoms with Crippen LogP contribution in [0.25, 0.3) is 0 Å². The number of carbonyl (C=O) groups is 1. The van der Waals surface area contributed by atoms with Crippen molar-refractivity contribution in [3.8, 4) is 11.5 Å². The van der Waals surface area contributed by atoms with Crippen molar-refractivity contribution in [3.63, 3.8) is 0 Å². The molecule has 1 atom stereocenters. The zero-order valence-electron chi connectivity index (χ0n) is 16.5. The van der Waals surface area contributed by atoms with Crippen LogP contribution in [-0.4, -0.2) is 51.3 Å². The predicted molar refractivity (Wildman–Crippen MR) is 110 cm³/mol. The second-order valence-corrected chi connectivity index (χ2v) is 7.50. The molecule has 0 radical (unpaired) electrons. The summed E-state index contributed by atoms with van der Waals surface area (Å²) in [6.45, 7) is 9.07. The molecule has 4 rings (SSSR count). The molecule has 6 heteroatoms. The molecule has 0 saturated carbocycles. The molecule has 0 unspecified atom stereocenters. The third-order valence-electron chi connectivity index (χ3n) is 5.68. The van der Waals surface area contributed by atoms with Crippen molar-refractivity contribution < 1.29 is 19.2 Å². The maximum atomic E-state index is 12.8. The van der Waals surface area contributed by atoms with Crippen LogP contribution in [0.4, 0.5) is 11.4 Å². The lowest BCUT2D eigenvalue weighted by Crippen LogP contribution is -3.19. The molecule has 2 heterocycles. The van der Waals surface area contributed by atoms with Gasteiger partial charge in [-0.3, -0.25) is 4.79 Å². The van der Waals surface area contributed by atoms with Crippen LogP contribution in [0.1, 0.15) is 12.5 Å². The number of ether oxygens (including phenoxy) is 2. The summed E-state index contributed by atoms with van der Waals surface area (Å²) in [6.07, 6.45) is 0. The first-order valence-corrected chi connectivity index (χ1v) is 9.97. The molecular weight excluding hydrogens is 354 g/mol. The number of carbonyl (C=O) groups excluding carboxylic acids is 1. The summed E-state index contributed by atoms with van der Waals surface area (Å²) in [5, 5.41) is 3.03. The summed E-state index contributed by atoms with van der Waals surface area (Å²) >= 11 is 0. The maximum Gasteiger partial charge on any atom is 0.282 e. The molecule has 28 heavy (non-hydrogen) atoms. The molecule has 0 aliphatic carbocycles. The molecule has 148 valence electrons. The number of anilines is 2. The fraction of sp³-hybridized carbons (Fsp3) is 0.409. The van der Waals surface area contributed by atoms with E-state index >= 15 is 0 Å². The van der Waals surface area contributed by atoms with E-state index in [0.717, 1.165) is 37.6 Å². The molecule has 0 bridgehead atoms. The number of piperazine rings is 1. The van der Waals surface area contributed by atoms with E-state index < -0.39 is 0 Å². The lowest BCUT2D eigenvalue weighted by atomic mass is 10.1. The molecule has 6 nitrogen and oxygen atoms in total. The van der Waals surface area contributed by atoms with Gasteiger partial charge < -0.3 is 24.6 Å². The topological polar surface area (TPSA) is 55.2 Å². The molecule has 1 saturated heterocycles. The standard InChI is InChI=1S/C22H27N3O3/c1-16-5-3-4-6-19(16)25-11-9-24(10-12-25)17(2)22(26)23-18-7-8-20-21(15-18)28-14-13-27-20/h3-8,15,17H,9-14H2,1-2H3,(H,23,26)/p+1/t17-/m1/s1. The van der Waals surface area contributed by atoms with Gasteiger partial charge in [-0.2, -0.15) is 0 Å². The van der Waals surface area contributed by atoms with Crippen LogP contribution < -0.4 is 24.6 Å². The van der Waals surface area contributed by atoms with Crippen LogP contribution in [0.2, 0.25) is 0 Å². The highest BCUT2D eigenvalue weighted by molar-refractivity contribution is 5.94. The van der Waals surface area contributed by atoms with Gasteiger partial charge in [0.2, 0.25) is 0 Å². The van der Waals surface area contributed by atoms with Crippen molar-refractivity contribution >= 4 is 17.3 Å². The van der Waals surface area contributed by atoms with Crippen molar-refractivity contribution in [1.29, 1.82) is 0 Å². The van der Waals surface area contributed by atoms with Crippen molar-refractivity contribution in [2.75, 3.05) is 49.6 Å². The van der Waals surface area contributed by atoms with Crippen LogP contribution in [0.3, 0.4) is 0 Å². The van der Waals surface area contributed by atoms with Crippen molar-refractivity contribution in [1.82, 2.24) is 0 Å². The number of nitrogens with zero attached hydrogens (tertiary/aromatic N) is 1. The minimum absolute atomic E-state index is 0.0380. The number of quaternary nitrogens is 1. The highest BCUT2D eigenvalue weighted by Crippen LogP contribution is 2.32. The minimum atomic E-state index is -0.104. The van der Waals surface area contributed by atoms with Gasteiger partial charge in [-0.05, 0) is 37.6 Å². The Morgan fingerprint density at radius 3 is 2.54 bits per heavy atom. The number of hydrogen-bond acceptors (Lipinski definition) is 4. The molecule has 0 aromatic heterocycles. The van der Waals surface area contributed by atoms with E-state index in [2.05, 4.69) is 41.4 Å². The van der Waals surface area contributed by atoms with E-state index in [1.807, 2.05) is 25.1 Å². The van der Waals surface area contributed by atoms with Gasteiger partial charge in [0.1, 0.15) is 13.2 Å². The van der Waals surface area contributed by atoms with Crippen LogP contribution in [0.15, 0.2) is 42.5 Å². The molecular formula is C22H28N3O3+. The van der Waals surface area contributed by atoms with Crippen LogP contribution in [0, 0.1) is 6.92 Å². The summed E-state index contributed by atoms with van der Waals surface area (Å²) in [5.74, 6) is 1.46. The second-order valence-electron chi connectivity index (χ2n) is 7.50. The van der Waals surface area contributed by atoms with E-state index in [-0.39, 0.29) is 11.9 Å². The Bertz CT molecular complexity index is 847. The van der Waals surface area contributed by atoms with Gasteiger partial charge in [0.05, 0.1) is 26.2 Å².